The average molecular weight is 320 g/mol. The summed E-state index contributed by atoms with van der Waals surface area (Å²) in [6.07, 6.45) is 4.19. The van der Waals surface area contributed by atoms with Crippen molar-refractivity contribution in [2.75, 3.05) is 19.6 Å². The third kappa shape index (κ3) is 3.40. The number of hydrogen-bond donors (Lipinski definition) is 3. The number of nitrogens with one attached hydrogen (secondary N) is 2. The van der Waals surface area contributed by atoms with Gasteiger partial charge in [0.1, 0.15) is 5.82 Å². The largest absolute Gasteiger partial charge is 0.391 e. The summed E-state index contributed by atoms with van der Waals surface area (Å²) in [5.74, 6) is -0.273. The molecule has 1 aromatic rings. The van der Waals surface area contributed by atoms with Crippen LogP contribution < -0.4 is 10.6 Å². The summed E-state index contributed by atoms with van der Waals surface area (Å²) in [6.45, 7) is 1.76. The van der Waals surface area contributed by atoms with Crippen LogP contribution in [0.4, 0.5) is 4.39 Å². The van der Waals surface area contributed by atoms with E-state index in [9.17, 15) is 14.3 Å². The van der Waals surface area contributed by atoms with Crippen LogP contribution in [-0.2, 0) is 10.2 Å². The second-order valence-corrected chi connectivity index (χ2v) is 6.85. The van der Waals surface area contributed by atoms with E-state index in [1.54, 1.807) is 6.07 Å². The van der Waals surface area contributed by atoms with Gasteiger partial charge >= 0.3 is 0 Å². The van der Waals surface area contributed by atoms with Gasteiger partial charge in [-0.25, -0.2) is 4.39 Å². The number of benzene rings is 1. The Bertz CT molecular complexity index is 558. The second kappa shape index (κ2) is 6.97. The highest BCUT2D eigenvalue weighted by molar-refractivity contribution is 5.88. The third-order valence-electron chi connectivity index (χ3n) is 5.35. The zero-order valence-corrected chi connectivity index (χ0v) is 13.4. The number of aliphatic hydroxyl groups excluding tert-OH is 1. The predicted octanol–water partition coefficient (Wildman–Crippen LogP) is 1.72. The van der Waals surface area contributed by atoms with Gasteiger partial charge in [-0.15, -0.1) is 0 Å². The first-order valence-electron chi connectivity index (χ1n) is 8.55. The van der Waals surface area contributed by atoms with Gasteiger partial charge in [0.25, 0.3) is 0 Å². The summed E-state index contributed by atoms with van der Waals surface area (Å²) in [7, 11) is 0. The van der Waals surface area contributed by atoms with E-state index in [0.717, 1.165) is 37.7 Å². The first-order chi connectivity index (χ1) is 11.1. The highest BCUT2D eigenvalue weighted by Gasteiger charge is 2.41. The van der Waals surface area contributed by atoms with Crippen LogP contribution in [0.15, 0.2) is 24.3 Å². The first-order valence-corrected chi connectivity index (χ1v) is 8.55. The molecular formula is C18H25FN2O2. The molecular weight excluding hydrogens is 295 g/mol. The Labute approximate surface area is 136 Å². The Morgan fingerprint density at radius 2 is 2.09 bits per heavy atom. The summed E-state index contributed by atoms with van der Waals surface area (Å²) < 4.78 is 13.7. The summed E-state index contributed by atoms with van der Waals surface area (Å²) in [4.78, 5) is 13.0. The van der Waals surface area contributed by atoms with Crippen LogP contribution in [0.3, 0.4) is 0 Å². The van der Waals surface area contributed by atoms with Crippen molar-refractivity contribution in [3.05, 3.63) is 35.6 Å². The minimum absolute atomic E-state index is 0.0260. The van der Waals surface area contributed by atoms with E-state index in [1.807, 2.05) is 6.07 Å². The van der Waals surface area contributed by atoms with E-state index in [0.29, 0.717) is 19.6 Å². The first kappa shape index (κ1) is 16.4. The molecule has 2 unspecified atom stereocenters. The van der Waals surface area contributed by atoms with Gasteiger partial charge in [-0.3, -0.25) is 4.79 Å². The van der Waals surface area contributed by atoms with Crippen molar-refractivity contribution >= 4 is 5.91 Å². The number of carbonyl (C=O) groups is 1. The zero-order chi connectivity index (χ0) is 16.3. The summed E-state index contributed by atoms with van der Waals surface area (Å²) >= 11 is 0. The van der Waals surface area contributed by atoms with E-state index in [4.69, 9.17) is 0 Å². The quantitative estimate of drug-likeness (QED) is 0.792. The van der Waals surface area contributed by atoms with Crippen molar-refractivity contribution in [1.29, 1.82) is 0 Å². The van der Waals surface area contributed by atoms with Crippen LogP contribution in [-0.4, -0.2) is 36.8 Å². The molecule has 1 amide bonds. The summed E-state index contributed by atoms with van der Waals surface area (Å²) in [6, 6.07) is 6.45. The second-order valence-electron chi connectivity index (χ2n) is 6.85. The highest BCUT2D eigenvalue weighted by Crippen LogP contribution is 2.40. The molecule has 1 aromatic carbocycles. The third-order valence-corrected chi connectivity index (χ3v) is 5.35. The number of β-amino-alcohol motifs (C(OH)–C–C–N with tert-alkyl or cyclic N) is 1. The molecule has 2 fully saturated rings. The molecule has 3 N–H and O–H groups in total. The lowest BCUT2D eigenvalue weighted by Gasteiger charge is -2.36. The van der Waals surface area contributed by atoms with Gasteiger partial charge in [-0.2, -0.15) is 0 Å². The van der Waals surface area contributed by atoms with Gasteiger partial charge in [0.2, 0.25) is 5.91 Å². The van der Waals surface area contributed by atoms with Crippen LogP contribution in [0.2, 0.25) is 0 Å². The van der Waals surface area contributed by atoms with Crippen molar-refractivity contribution in [2.45, 2.75) is 43.6 Å². The van der Waals surface area contributed by atoms with Gasteiger partial charge in [-0.05, 0) is 30.5 Å². The van der Waals surface area contributed by atoms with E-state index >= 15 is 0 Å². The Hall–Kier alpha value is -1.46. The molecule has 4 nitrogen and oxygen atoms in total. The molecule has 3 rings (SSSR count). The highest BCUT2D eigenvalue weighted by atomic mass is 19.1. The molecule has 1 aliphatic heterocycles. The maximum absolute atomic E-state index is 13.7. The molecule has 1 heterocycles. The number of rotatable bonds is 4. The Morgan fingerprint density at radius 3 is 2.74 bits per heavy atom. The average Bonchev–Trinajstić information content (AvgIpc) is 2.98. The standard InChI is InChI=1S/C18H25FN2O2/c19-15-6-4-5-14(9-15)18(7-2-1-3-8-18)17(23)21-11-13-10-20-12-16(13)22/h4-6,9,13,16,20,22H,1-3,7-8,10-12H2,(H,21,23). The van der Waals surface area contributed by atoms with Gasteiger partial charge in [0.15, 0.2) is 0 Å². The fourth-order valence-corrected chi connectivity index (χ4v) is 3.91. The maximum Gasteiger partial charge on any atom is 0.230 e. The van der Waals surface area contributed by atoms with Crippen molar-refractivity contribution in [3.63, 3.8) is 0 Å². The lowest BCUT2D eigenvalue weighted by atomic mass is 9.68. The summed E-state index contributed by atoms with van der Waals surface area (Å²) in [5, 5.41) is 16.0. The van der Waals surface area contributed by atoms with Gasteiger partial charge in [0.05, 0.1) is 11.5 Å². The van der Waals surface area contributed by atoms with Crippen molar-refractivity contribution in [3.8, 4) is 0 Å². The van der Waals surface area contributed by atoms with Crippen molar-refractivity contribution in [2.24, 2.45) is 5.92 Å². The monoisotopic (exact) mass is 320 g/mol. The van der Waals surface area contributed by atoms with Crippen LogP contribution in [0, 0.1) is 11.7 Å². The zero-order valence-electron chi connectivity index (χ0n) is 13.4. The maximum atomic E-state index is 13.7. The Balaban J connectivity index is 1.76. The molecule has 1 saturated carbocycles. The van der Waals surface area contributed by atoms with Gasteiger partial charge in [0, 0.05) is 25.6 Å². The molecule has 23 heavy (non-hydrogen) atoms. The minimum atomic E-state index is -0.628. The Kier molecular flexibility index (Phi) is 4.97. The fraction of sp³-hybridized carbons (Fsp3) is 0.611. The normalized spacial score (nSPS) is 26.9. The fourth-order valence-electron chi connectivity index (χ4n) is 3.91. The molecule has 2 aliphatic rings. The molecule has 0 spiro atoms. The van der Waals surface area contributed by atoms with E-state index in [1.165, 1.54) is 12.1 Å². The number of aliphatic hydroxyl groups is 1. The predicted molar refractivity (Wildman–Crippen MR) is 86.5 cm³/mol. The molecule has 0 radical (unpaired) electrons. The molecule has 1 aliphatic carbocycles. The number of amides is 1. The van der Waals surface area contributed by atoms with Crippen molar-refractivity contribution < 1.29 is 14.3 Å². The molecule has 1 saturated heterocycles. The molecule has 0 aromatic heterocycles. The van der Waals surface area contributed by atoms with Crippen molar-refractivity contribution in [1.82, 2.24) is 10.6 Å². The topological polar surface area (TPSA) is 61.4 Å². The summed E-state index contributed by atoms with van der Waals surface area (Å²) in [5.41, 5.74) is 0.150. The van der Waals surface area contributed by atoms with E-state index < -0.39 is 11.5 Å². The smallest absolute Gasteiger partial charge is 0.230 e. The molecule has 0 bridgehead atoms. The minimum Gasteiger partial charge on any atom is -0.391 e. The lowest BCUT2D eigenvalue weighted by molar-refractivity contribution is -0.128. The number of halogens is 1. The molecule has 5 heteroatoms. The van der Waals surface area contributed by atoms with Crippen LogP contribution >= 0.6 is 0 Å². The molecule has 2 atom stereocenters. The Morgan fingerprint density at radius 1 is 1.30 bits per heavy atom. The van der Waals surface area contributed by atoms with E-state index in [2.05, 4.69) is 10.6 Å². The van der Waals surface area contributed by atoms with Crippen LogP contribution in [0.5, 0.6) is 0 Å². The molecule has 126 valence electrons. The SMILES string of the molecule is O=C(NCC1CNCC1O)C1(c2cccc(F)c2)CCCCC1. The number of hydrogen-bond acceptors (Lipinski definition) is 3. The van der Waals surface area contributed by atoms with Gasteiger partial charge < -0.3 is 15.7 Å². The van der Waals surface area contributed by atoms with Crippen LogP contribution in [0.1, 0.15) is 37.7 Å². The number of carbonyl (C=O) groups excluding carboxylic acids is 1. The van der Waals surface area contributed by atoms with Crippen LogP contribution in [0.25, 0.3) is 0 Å². The van der Waals surface area contributed by atoms with Gasteiger partial charge in [-0.1, -0.05) is 31.4 Å². The lowest BCUT2D eigenvalue weighted by Crippen LogP contribution is -2.48. The van der Waals surface area contributed by atoms with E-state index in [-0.39, 0.29) is 17.6 Å².